The fraction of sp³-hybridized carbons (Fsp3) is 0.545. The number of carboxylic acids is 1. The Labute approximate surface area is 120 Å². The zero-order chi connectivity index (χ0) is 14.0. The highest BCUT2D eigenvalue weighted by atomic mass is 32.2. The molecule has 1 atom stereocenters. The summed E-state index contributed by atoms with van der Waals surface area (Å²) >= 11 is 2.80. The van der Waals surface area contributed by atoms with Gasteiger partial charge in [-0.3, -0.25) is 4.90 Å². The molecule has 1 aromatic rings. The normalized spacial score (nSPS) is 21.4. The average Bonchev–Trinajstić information content (AvgIpc) is 2.76. The predicted octanol–water partition coefficient (Wildman–Crippen LogP) is 1.37. The number of sulfone groups is 1. The predicted molar refractivity (Wildman–Crippen MR) is 77.6 cm³/mol. The van der Waals surface area contributed by atoms with E-state index in [4.69, 9.17) is 5.11 Å². The zero-order valence-corrected chi connectivity index (χ0v) is 12.9. The number of thioether (sulfide) groups is 1. The van der Waals surface area contributed by atoms with Gasteiger partial charge in [0.1, 0.15) is 10.3 Å². The molecule has 1 aromatic heterocycles. The summed E-state index contributed by atoms with van der Waals surface area (Å²) in [5, 5.41) is 10.3. The molecule has 0 spiro atoms. The van der Waals surface area contributed by atoms with E-state index in [-0.39, 0.29) is 0 Å². The molecule has 0 saturated carbocycles. The Morgan fingerprint density at radius 1 is 1.58 bits per heavy atom. The minimum Gasteiger partial charge on any atom is -0.477 e. The van der Waals surface area contributed by atoms with Crippen LogP contribution >= 0.6 is 23.1 Å². The van der Waals surface area contributed by atoms with Gasteiger partial charge in [0.2, 0.25) is 0 Å². The zero-order valence-electron chi connectivity index (χ0n) is 10.4. The number of thiophene rings is 1. The second-order valence-electron chi connectivity index (χ2n) is 4.41. The summed E-state index contributed by atoms with van der Waals surface area (Å²) in [6, 6.07) is 1.76. The maximum Gasteiger partial charge on any atom is 0.346 e. The van der Waals surface area contributed by atoms with E-state index < -0.39 is 21.2 Å². The maximum absolute atomic E-state index is 11.8. The molecule has 106 valence electrons. The highest BCUT2D eigenvalue weighted by molar-refractivity contribution is 8.00. The number of carbonyl (C=O) groups is 1. The monoisotopic (exact) mass is 321 g/mol. The molecular formula is C11H15NO4S3. The van der Waals surface area contributed by atoms with Gasteiger partial charge in [0.25, 0.3) is 0 Å². The number of carboxylic acid groups (broad SMARTS) is 1. The Morgan fingerprint density at radius 2 is 2.32 bits per heavy atom. The van der Waals surface area contributed by atoms with Crippen LogP contribution in [-0.2, 0) is 16.4 Å². The van der Waals surface area contributed by atoms with E-state index >= 15 is 0 Å². The third-order valence-electron chi connectivity index (χ3n) is 3.00. The molecule has 1 fully saturated rings. The molecule has 0 aromatic carbocycles. The van der Waals surface area contributed by atoms with Gasteiger partial charge in [0.15, 0.2) is 9.84 Å². The molecule has 19 heavy (non-hydrogen) atoms. The van der Waals surface area contributed by atoms with Gasteiger partial charge in [-0.25, -0.2) is 13.2 Å². The standard InChI is InChI=1S/C11H15NO4S3/c1-19(15,16)9-7-17-5-3-12(9)6-8-2-4-18-10(8)11(13)14/h2,4,9H,3,5-7H2,1H3,(H,13,14). The first-order valence-electron chi connectivity index (χ1n) is 5.70. The SMILES string of the molecule is CS(=O)(=O)C1CSCCN1Cc1ccsc1C(=O)O. The van der Waals surface area contributed by atoms with Crippen molar-refractivity contribution in [3.8, 4) is 0 Å². The lowest BCUT2D eigenvalue weighted by Crippen LogP contribution is -2.46. The molecule has 1 saturated heterocycles. The quantitative estimate of drug-likeness (QED) is 0.903. The minimum absolute atomic E-state index is 0.297. The fourth-order valence-corrected chi connectivity index (χ4v) is 5.75. The number of hydrogen-bond donors (Lipinski definition) is 1. The number of aromatic carboxylic acids is 1. The average molecular weight is 321 g/mol. The molecule has 1 N–H and O–H groups in total. The molecule has 0 bridgehead atoms. The van der Waals surface area contributed by atoms with E-state index in [1.807, 2.05) is 4.90 Å². The van der Waals surface area contributed by atoms with Crippen molar-refractivity contribution in [1.29, 1.82) is 0 Å². The summed E-state index contributed by atoms with van der Waals surface area (Å²) < 4.78 is 23.6. The summed E-state index contributed by atoms with van der Waals surface area (Å²) in [7, 11) is -3.15. The van der Waals surface area contributed by atoms with Crippen molar-refractivity contribution in [3.63, 3.8) is 0 Å². The van der Waals surface area contributed by atoms with E-state index in [9.17, 15) is 13.2 Å². The maximum atomic E-state index is 11.8. The Kier molecular flexibility index (Phi) is 4.54. The lowest BCUT2D eigenvalue weighted by molar-refractivity contribution is 0.0700. The summed E-state index contributed by atoms with van der Waals surface area (Å²) in [4.78, 5) is 13.2. The van der Waals surface area contributed by atoms with Gasteiger partial charge in [-0.2, -0.15) is 11.8 Å². The molecule has 2 heterocycles. The number of hydrogen-bond acceptors (Lipinski definition) is 6. The first-order valence-corrected chi connectivity index (χ1v) is 9.69. The van der Waals surface area contributed by atoms with Gasteiger partial charge in [0.05, 0.1) is 0 Å². The van der Waals surface area contributed by atoms with Gasteiger partial charge >= 0.3 is 5.97 Å². The minimum atomic E-state index is -3.15. The van der Waals surface area contributed by atoms with Crippen molar-refractivity contribution < 1.29 is 18.3 Å². The molecule has 1 aliphatic rings. The number of nitrogens with zero attached hydrogens (tertiary/aromatic N) is 1. The molecule has 8 heteroatoms. The summed E-state index contributed by atoms with van der Waals surface area (Å²) in [5.74, 6) is 0.469. The Bertz CT molecular complexity index is 566. The van der Waals surface area contributed by atoms with Crippen LogP contribution in [0.2, 0.25) is 0 Å². The van der Waals surface area contributed by atoms with Crippen LogP contribution in [0.4, 0.5) is 0 Å². The van der Waals surface area contributed by atoms with Gasteiger partial charge in [-0.15, -0.1) is 11.3 Å². The molecule has 5 nitrogen and oxygen atoms in total. The molecule has 0 amide bonds. The Balaban J connectivity index is 2.20. The fourth-order valence-electron chi connectivity index (χ4n) is 2.06. The summed E-state index contributed by atoms with van der Waals surface area (Å²) in [6.07, 6.45) is 1.24. The van der Waals surface area contributed by atoms with Crippen LogP contribution in [0.1, 0.15) is 15.2 Å². The van der Waals surface area contributed by atoms with E-state index in [1.165, 1.54) is 17.6 Å². The Morgan fingerprint density at radius 3 is 2.95 bits per heavy atom. The summed E-state index contributed by atoms with van der Waals surface area (Å²) in [5.41, 5.74) is 0.693. The van der Waals surface area contributed by atoms with E-state index in [0.717, 1.165) is 5.75 Å². The van der Waals surface area contributed by atoms with E-state index in [2.05, 4.69) is 0 Å². The number of rotatable bonds is 4. The van der Waals surface area contributed by atoms with Gasteiger partial charge in [0, 0.05) is 30.9 Å². The van der Waals surface area contributed by atoms with Crippen molar-refractivity contribution in [2.75, 3.05) is 24.3 Å². The van der Waals surface area contributed by atoms with Crippen LogP contribution in [0.3, 0.4) is 0 Å². The third-order valence-corrected chi connectivity index (χ3v) is 6.63. The second kappa shape index (κ2) is 5.82. The topological polar surface area (TPSA) is 74.7 Å². The lowest BCUT2D eigenvalue weighted by atomic mass is 10.2. The third kappa shape index (κ3) is 3.50. The van der Waals surface area contributed by atoms with E-state index in [1.54, 1.807) is 23.2 Å². The lowest BCUT2D eigenvalue weighted by Gasteiger charge is -2.33. The molecule has 2 rings (SSSR count). The van der Waals surface area contributed by atoms with Crippen molar-refractivity contribution in [1.82, 2.24) is 4.90 Å². The molecule has 1 aliphatic heterocycles. The van der Waals surface area contributed by atoms with Crippen LogP contribution in [0, 0.1) is 0 Å². The Hall–Kier alpha value is -0.570. The van der Waals surface area contributed by atoms with Crippen molar-refractivity contribution in [2.24, 2.45) is 0 Å². The summed E-state index contributed by atoms with van der Waals surface area (Å²) in [6.45, 7) is 1.04. The van der Waals surface area contributed by atoms with Gasteiger partial charge in [-0.05, 0) is 17.0 Å². The van der Waals surface area contributed by atoms with Crippen LogP contribution in [0.15, 0.2) is 11.4 Å². The van der Waals surface area contributed by atoms with Crippen molar-refractivity contribution in [3.05, 3.63) is 21.9 Å². The van der Waals surface area contributed by atoms with Crippen molar-refractivity contribution in [2.45, 2.75) is 11.9 Å². The van der Waals surface area contributed by atoms with Crippen LogP contribution in [0.5, 0.6) is 0 Å². The van der Waals surface area contributed by atoms with Crippen LogP contribution < -0.4 is 0 Å². The van der Waals surface area contributed by atoms with Gasteiger partial charge < -0.3 is 5.11 Å². The molecule has 0 aliphatic carbocycles. The van der Waals surface area contributed by atoms with Crippen molar-refractivity contribution >= 4 is 38.9 Å². The first kappa shape index (κ1) is 14.8. The smallest absolute Gasteiger partial charge is 0.346 e. The molecular weight excluding hydrogens is 306 g/mol. The highest BCUT2D eigenvalue weighted by Gasteiger charge is 2.31. The van der Waals surface area contributed by atoms with Crippen LogP contribution in [-0.4, -0.2) is 54.1 Å². The first-order chi connectivity index (χ1) is 8.89. The van der Waals surface area contributed by atoms with E-state index in [0.29, 0.717) is 29.3 Å². The highest BCUT2D eigenvalue weighted by Crippen LogP contribution is 2.25. The van der Waals surface area contributed by atoms with Gasteiger partial charge in [-0.1, -0.05) is 0 Å². The second-order valence-corrected chi connectivity index (χ2v) is 8.68. The van der Waals surface area contributed by atoms with Crippen LogP contribution in [0.25, 0.3) is 0 Å². The largest absolute Gasteiger partial charge is 0.477 e. The molecule has 1 unspecified atom stereocenters. The molecule has 0 radical (unpaired) electrons.